The van der Waals surface area contributed by atoms with Gasteiger partial charge < -0.3 is 4.74 Å². The van der Waals surface area contributed by atoms with E-state index in [0.717, 1.165) is 41.5 Å². The van der Waals surface area contributed by atoms with E-state index in [1.165, 1.54) is 35.1 Å². The maximum atomic E-state index is 14.2. The maximum absolute atomic E-state index is 14.2. The van der Waals surface area contributed by atoms with Crippen molar-refractivity contribution in [3.05, 3.63) is 165 Å². The fourth-order valence-corrected chi connectivity index (χ4v) is 9.08. The molecule has 4 aromatic carbocycles. The van der Waals surface area contributed by atoms with Crippen LogP contribution in [0.3, 0.4) is 0 Å². The minimum atomic E-state index is -0.521. The molecule has 0 spiro atoms. The van der Waals surface area contributed by atoms with E-state index in [1.807, 2.05) is 42.5 Å². The predicted molar refractivity (Wildman–Crippen MR) is 195 cm³/mol. The number of thiazole rings is 1. The topological polar surface area (TPSA) is 130 Å². The van der Waals surface area contributed by atoms with Gasteiger partial charge in [-0.15, -0.1) is 0 Å². The van der Waals surface area contributed by atoms with Gasteiger partial charge in [0, 0.05) is 29.8 Å². The van der Waals surface area contributed by atoms with Crippen LogP contribution in [0.1, 0.15) is 40.3 Å². The summed E-state index contributed by atoms with van der Waals surface area (Å²) < 4.78 is 9.96. The number of aryl methyl sites for hydroxylation is 1. The smallest absolute Gasteiger partial charge is 0.271 e. The average Bonchev–Trinajstić information content (AvgIpc) is 3.37. The zero-order valence-electron chi connectivity index (χ0n) is 24.3. The Balaban J connectivity index is 1.29. The number of allylic oxidation sites excluding steroid dienone is 1. The second-order valence-corrected chi connectivity index (χ2v) is 14.3. The van der Waals surface area contributed by atoms with Crippen molar-refractivity contribution in [2.45, 2.75) is 25.5 Å². The number of rotatable bonds is 7. The lowest BCUT2D eigenvalue weighted by Crippen LogP contribution is -2.38. The van der Waals surface area contributed by atoms with Gasteiger partial charge >= 0.3 is 0 Å². The summed E-state index contributed by atoms with van der Waals surface area (Å²) in [5.41, 5.74) is 6.09. The van der Waals surface area contributed by atoms with Gasteiger partial charge in [0.1, 0.15) is 12.4 Å². The molecule has 2 aliphatic rings. The van der Waals surface area contributed by atoms with E-state index in [0.29, 0.717) is 27.1 Å². The Morgan fingerprint density at radius 2 is 1.64 bits per heavy atom. The average molecular weight is 868 g/mol. The summed E-state index contributed by atoms with van der Waals surface area (Å²) in [6.45, 7) is 0.243. The lowest BCUT2D eigenvalue weighted by atomic mass is 9.83. The fraction of sp³-hybridized carbons (Fsp3) is 0.118. The van der Waals surface area contributed by atoms with Crippen LogP contribution in [0.5, 0.6) is 5.75 Å². The second kappa shape index (κ2) is 12.8. The molecule has 1 atom stereocenters. The van der Waals surface area contributed by atoms with Crippen molar-refractivity contribution >= 4 is 79.7 Å². The molecule has 1 aliphatic carbocycles. The Hall–Kier alpha value is -4.22. The highest BCUT2D eigenvalue weighted by molar-refractivity contribution is 14.1. The summed E-state index contributed by atoms with van der Waals surface area (Å²) in [7, 11) is 0. The molecule has 1 unspecified atom stereocenters. The molecule has 0 saturated heterocycles. The van der Waals surface area contributed by atoms with Crippen LogP contribution in [0.25, 0.3) is 11.8 Å². The maximum Gasteiger partial charge on any atom is 0.271 e. The van der Waals surface area contributed by atoms with Crippen LogP contribution < -0.4 is 19.6 Å². The molecule has 0 saturated carbocycles. The molecule has 0 radical (unpaired) electrons. The molecule has 0 bridgehead atoms. The standard InChI is InChI=1S/C34H22I2N4O6S/c35-27-14-20(15-28(36)32(27)46-18-19-8-11-23(12-9-19)39(42)43)16-29-33(41)38-31(22-5-3-6-24(17-22)40(44)45)26-13-10-21-4-1-2-7-25(21)30(26)37-34(38)47-29/h1-9,11-12,14-17,31H,10,13,18H2/b29-16+. The summed E-state index contributed by atoms with van der Waals surface area (Å²) in [6.07, 6.45) is 3.32. The molecule has 0 amide bonds. The summed E-state index contributed by atoms with van der Waals surface area (Å²) in [6, 6.07) is 24.2. The lowest BCUT2D eigenvalue weighted by molar-refractivity contribution is -0.385. The van der Waals surface area contributed by atoms with Crippen molar-refractivity contribution in [1.82, 2.24) is 4.57 Å². The molecular formula is C34H22I2N4O6S. The monoisotopic (exact) mass is 868 g/mol. The van der Waals surface area contributed by atoms with E-state index in [1.54, 1.807) is 28.8 Å². The number of fused-ring (bicyclic) bond motifs is 3. The van der Waals surface area contributed by atoms with Crippen molar-refractivity contribution in [3.63, 3.8) is 0 Å². The van der Waals surface area contributed by atoms with Crippen LogP contribution >= 0.6 is 56.5 Å². The number of hydrogen-bond donors (Lipinski definition) is 0. The lowest BCUT2D eigenvalue weighted by Gasteiger charge is -2.30. The highest BCUT2D eigenvalue weighted by Gasteiger charge is 2.33. The van der Waals surface area contributed by atoms with E-state index < -0.39 is 15.9 Å². The normalized spacial score (nSPS) is 15.4. The van der Waals surface area contributed by atoms with Gasteiger partial charge in [-0.25, -0.2) is 4.99 Å². The van der Waals surface area contributed by atoms with Gasteiger partial charge in [0.2, 0.25) is 0 Å². The first kappa shape index (κ1) is 31.4. The van der Waals surface area contributed by atoms with Crippen LogP contribution in [0.4, 0.5) is 11.4 Å². The minimum absolute atomic E-state index is 0.0222. The van der Waals surface area contributed by atoms with E-state index in [-0.39, 0.29) is 23.5 Å². The first-order chi connectivity index (χ1) is 22.7. The molecular weight excluding hydrogens is 846 g/mol. The molecule has 5 aromatic rings. The van der Waals surface area contributed by atoms with Gasteiger partial charge in [0.15, 0.2) is 4.80 Å². The zero-order chi connectivity index (χ0) is 32.8. The van der Waals surface area contributed by atoms with Crippen molar-refractivity contribution in [2.24, 2.45) is 4.99 Å². The highest BCUT2D eigenvalue weighted by atomic mass is 127. The number of non-ortho nitro benzene ring substituents is 2. The molecule has 10 nitrogen and oxygen atoms in total. The number of halogens is 2. The molecule has 2 heterocycles. The van der Waals surface area contributed by atoms with Gasteiger partial charge in [0.05, 0.1) is 33.3 Å². The van der Waals surface area contributed by atoms with Gasteiger partial charge in [-0.1, -0.05) is 47.7 Å². The van der Waals surface area contributed by atoms with Gasteiger partial charge in [-0.3, -0.25) is 29.6 Å². The molecule has 13 heteroatoms. The minimum Gasteiger partial charge on any atom is -0.487 e. The van der Waals surface area contributed by atoms with Crippen LogP contribution in [0.2, 0.25) is 0 Å². The largest absolute Gasteiger partial charge is 0.487 e. The Labute approximate surface area is 298 Å². The number of nitro benzene ring substituents is 2. The summed E-state index contributed by atoms with van der Waals surface area (Å²) in [5, 5.41) is 22.7. The molecule has 7 rings (SSSR count). The number of aromatic nitrogens is 1. The first-order valence-electron chi connectivity index (χ1n) is 14.4. The number of hydrogen-bond acceptors (Lipinski definition) is 8. The van der Waals surface area contributed by atoms with Gasteiger partial charge in [-0.2, -0.15) is 0 Å². The van der Waals surface area contributed by atoms with Gasteiger partial charge in [0.25, 0.3) is 16.9 Å². The van der Waals surface area contributed by atoms with Crippen molar-refractivity contribution in [3.8, 4) is 5.75 Å². The molecule has 0 N–H and O–H groups in total. The quantitative estimate of drug-likeness (QED) is 0.0993. The Bertz CT molecular complexity index is 2310. The second-order valence-electron chi connectivity index (χ2n) is 11.0. The highest BCUT2D eigenvalue weighted by Crippen LogP contribution is 2.41. The van der Waals surface area contributed by atoms with Crippen molar-refractivity contribution < 1.29 is 14.6 Å². The van der Waals surface area contributed by atoms with Crippen molar-refractivity contribution in [1.29, 1.82) is 0 Å². The van der Waals surface area contributed by atoms with E-state index in [4.69, 9.17) is 9.73 Å². The first-order valence-corrected chi connectivity index (χ1v) is 17.4. The Morgan fingerprint density at radius 3 is 2.36 bits per heavy atom. The van der Waals surface area contributed by atoms with E-state index in [2.05, 4.69) is 51.2 Å². The Morgan fingerprint density at radius 1 is 0.915 bits per heavy atom. The zero-order valence-corrected chi connectivity index (χ0v) is 29.4. The van der Waals surface area contributed by atoms with Crippen molar-refractivity contribution in [2.75, 3.05) is 0 Å². The fourth-order valence-electron chi connectivity index (χ4n) is 5.95. The Kier molecular flexibility index (Phi) is 8.52. The van der Waals surface area contributed by atoms with Crippen LogP contribution in [-0.4, -0.2) is 14.4 Å². The third-order valence-corrected chi connectivity index (χ3v) is 10.7. The summed E-state index contributed by atoms with van der Waals surface area (Å²) >= 11 is 5.70. The number of benzene rings is 4. The number of nitro groups is 2. The van der Waals surface area contributed by atoms with Crippen LogP contribution in [0.15, 0.2) is 100 Å². The number of nitrogens with zero attached hydrogens (tertiary/aromatic N) is 4. The van der Waals surface area contributed by atoms with E-state index in [9.17, 15) is 25.0 Å². The summed E-state index contributed by atoms with van der Waals surface area (Å²) in [4.78, 5) is 41.5. The van der Waals surface area contributed by atoms with E-state index >= 15 is 0 Å². The molecule has 47 heavy (non-hydrogen) atoms. The third kappa shape index (κ3) is 6.02. The predicted octanol–water partition coefficient (Wildman–Crippen LogP) is 6.92. The van der Waals surface area contributed by atoms with Crippen LogP contribution in [-0.2, 0) is 13.0 Å². The number of ether oxygens (including phenoxy) is 1. The summed E-state index contributed by atoms with van der Waals surface area (Å²) in [5.74, 6) is 0.681. The van der Waals surface area contributed by atoms with Gasteiger partial charge in [-0.05, 0) is 116 Å². The molecule has 1 aliphatic heterocycles. The molecule has 0 fully saturated rings. The molecule has 1 aromatic heterocycles. The molecule has 234 valence electrons. The van der Waals surface area contributed by atoms with Crippen LogP contribution in [0, 0.1) is 27.4 Å². The third-order valence-electron chi connectivity index (χ3n) is 8.12. The SMILES string of the molecule is O=c1/c(=C\c2cc(I)c(OCc3ccc([N+](=O)[O-])cc3)c(I)c2)sc2n1C(c1cccc([N+](=O)[O-])c1)C1=C(N=2)c2ccccc2CC1.